The van der Waals surface area contributed by atoms with Crippen LogP contribution in [0.4, 0.5) is 9.59 Å². The molecule has 0 aliphatic carbocycles. The van der Waals surface area contributed by atoms with E-state index in [9.17, 15) is 9.59 Å². The molecule has 0 radical (unpaired) electrons. The Bertz CT molecular complexity index is 819. The molecular formula is C32H63N4O6P. The van der Waals surface area contributed by atoms with Crippen molar-refractivity contribution in [2.75, 3.05) is 32.9 Å². The van der Waals surface area contributed by atoms with Crippen molar-refractivity contribution in [2.45, 2.75) is 134 Å². The molecule has 2 amide bonds. The molecule has 0 bridgehead atoms. The number of carbonyl (C=O) groups is 2. The van der Waals surface area contributed by atoms with E-state index < -0.39 is 26.8 Å². The predicted octanol–water partition coefficient (Wildman–Crippen LogP) is 8.02. The van der Waals surface area contributed by atoms with Gasteiger partial charge in [-0.05, 0) is 62.2 Å². The van der Waals surface area contributed by atoms with Crippen LogP contribution in [-0.4, -0.2) is 68.0 Å². The van der Waals surface area contributed by atoms with Crippen molar-refractivity contribution in [3.05, 3.63) is 0 Å². The summed E-state index contributed by atoms with van der Waals surface area (Å²) in [4.78, 5) is 25.4. The van der Waals surface area contributed by atoms with Crippen LogP contribution in [0.1, 0.15) is 116 Å². The Kier molecular flexibility index (Phi) is 17.6. The van der Waals surface area contributed by atoms with Crippen LogP contribution in [0.15, 0.2) is 0 Å². The van der Waals surface area contributed by atoms with Crippen molar-refractivity contribution in [1.29, 1.82) is 5.26 Å². The Balaban J connectivity index is 5.59. The van der Waals surface area contributed by atoms with Crippen LogP contribution in [0.25, 0.3) is 0 Å². The van der Waals surface area contributed by atoms with Gasteiger partial charge in [0.05, 0.1) is 32.3 Å². The normalized spacial score (nSPS) is 13.8. The molecule has 10 nitrogen and oxygen atoms in total. The topological polar surface area (TPSA) is 122 Å². The fourth-order valence-corrected chi connectivity index (χ4v) is 7.27. The zero-order valence-corrected chi connectivity index (χ0v) is 30.6. The number of carbonyl (C=O) groups excluding carboxylic acids is 2. The molecule has 0 aromatic heterocycles. The van der Waals surface area contributed by atoms with Crippen LogP contribution in [0, 0.1) is 33.0 Å². The van der Waals surface area contributed by atoms with Gasteiger partial charge in [0, 0.05) is 25.2 Å². The van der Waals surface area contributed by atoms with E-state index >= 15 is 0 Å². The maximum Gasteiger partial charge on any atom is 0.407 e. The summed E-state index contributed by atoms with van der Waals surface area (Å²) in [7, 11) is -1.60. The predicted molar refractivity (Wildman–Crippen MR) is 174 cm³/mol. The number of nitriles is 1. The first kappa shape index (κ1) is 41.3. The van der Waals surface area contributed by atoms with Gasteiger partial charge in [-0.25, -0.2) is 14.3 Å². The molecule has 11 heteroatoms. The number of alkyl carbamates (subject to hydrolysis) is 2. The molecule has 0 aliphatic rings. The molecule has 0 heterocycles. The van der Waals surface area contributed by atoms with E-state index in [4.69, 9.17) is 23.8 Å². The zero-order chi connectivity index (χ0) is 33.6. The number of hydrogen-bond donors (Lipinski definition) is 2. The fourth-order valence-electron chi connectivity index (χ4n) is 5.56. The zero-order valence-electron chi connectivity index (χ0n) is 29.7. The van der Waals surface area contributed by atoms with Crippen LogP contribution in [0.3, 0.4) is 0 Å². The third kappa shape index (κ3) is 20.8. The molecule has 0 aromatic rings. The molecule has 2 N–H and O–H groups in total. The van der Waals surface area contributed by atoms with E-state index in [-0.39, 0.29) is 73.1 Å². The second-order valence-electron chi connectivity index (χ2n) is 16.0. The first-order valence-corrected chi connectivity index (χ1v) is 16.7. The quantitative estimate of drug-likeness (QED) is 0.115. The summed E-state index contributed by atoms with van der Waals surface area (Å²) in [5.41, 5.74) is -0.164. The molecule has 0 saturated heterocycles. The van der Waals surface area contributed by atoms with E-state index in [2.05, 4.69) is 90.6 Å². The van der Waals surface area contributed by atoms with Gasteiger partial charge in [0.2, 0.25) is 0 Å². The van der Waals surface area contributed by atoms with Gasteiger partial charge >= 0.3 is 12.2 Å². The van der Waals surface area contributed by atoms with Crippen molar-refractivity contribution >= 4 is 20.7 Å². The van der Waals surface area contributed by atoms with Crippen molar-refractivity contribution in [2.24, 2.45) is 21.7 Å². The summed E-state index contributed by atoms with van der Waals surface area (Å²) in [6.07, 6.45) is 0.256. The molecule has 0 aliphatic heterocycles. The molecular weight excluding hydrogens is 567 g/mol. The van der Waals surface area contributed by atoms with E-state index in [0.29, 0.717) is 0 Å². The third-order valence-electron chi connectivity index (χ3n) is 6.06. The van der Waals surface area contributed by atoms with Crippen LogP contribution >= 0.6 is 8.53 Å². The lowest BCUT2D eigenvalue weighted by molar-refractivity contribution is 0.0671. The van der Waals surface area contributed by atoms with Crippen LogP contribution in [0.2, 0.25) is 0 Å². The minimum Gasteiger partial charge on any atom is -0.449 e. The Morgan fingerprint density at radius 2 is 1.16 bits per heavy atom. The maximum absolute atomic E-state index is 12.7. The summed E-state index contributed by atoms with van der Waals surface area (Å²) in [6, 6.07) is 2.29. The molecule has 0 fully saturated rings. The van der Waals surface area contributed by atoms with Gasteiger partial charge in [0.1, 0.15) is 6.10 Å². The van der Waals surface area contributed by atoms with E-state index in [1.807, 2.05) is 27.7 Å². The fraction of sp³-hybridized carbons (Fsp3) is 0.906. The Morgan fingerprint density at radius 1 is 0.767 bits per heavy atom. The van der Waals surface area contributed by atoms with Gasteiger partial charge < -0.3 is 29.2 Å². The van der Waals surface area contributed by atoms with Gasteiger partial charge in [-0.2, -0.15) is 5.26 Å². The summed E-state index contributed by atoms with van der Waals surface area (Å²) < 4.78 is 25.7. The second kappa shape index (κ2) is 18.3. The summed E-state index contributed by atoms with van der Waals surface area (Å²) in [6.45, 7) is 30.4. The highest BCUT2D eigenvalue weighted by Gasteiger charge is 2.32. The number of ether oxygens (including phenoxy) is 2. The lowest BCUT2D eigenvalue weighted by Crippen LogP contribution is -2.44. The average Bonchev–Trinajstić information content (AvgIpc) is 2.79. The second-order valence-corrected chi connectivity index (χ2v) is 17.4. The molecule has 0 saturated carbocycles. The number of amides is 2. The Labute approximate surface area is 264 Å². The smallest absolute Gasteiger partial charge is 0.407 e. The third-order valence-corrected chi connectivity index (χ3v) is 8.24. The largest absolute Gasteiger partial charge is 0.449 e. The average molecular weight is 631 g/mol. The van der Waals surface area contributed by atoms with Gasteiger partial charge in [0.15, 0.2) is 0 Å². The van der Waals surface area contributed by atoms with Crippen molar-refractivity contribution in [3.8, 4) is 6.07 Å². The van der Waals surface area contributed by atoms with Crippen LogP contribution in [0.5, 0.6) is 0 Å². The van der Waals surface area contributed by atoms with Crippen LogP contribution in [-0.2, 0) is 18.5 Å². The van der Waals surface area contributed by atoms with Gasteiger partial charge in [0.25, 0.3) is 8.53 Å². The van der Waals surface area contributed by atoms with Gasteiger partial charge in [-0.15, -0.1) is 0 Å². The van der Waals surface area contributed by atoms with E-state index in [1.54, 1.807) is 0 Å². The first-order chi connectivity index (χ1) is 19.5. The van der Waals surface area contributed by atoms with Gasteiger partial charge in [-0.3, -0.25) is 0 Å². The minimum absolute atomic E-state index is 0.0821. The molecule has 252 valence electrons. The number of nitrogens with zero attached hydrogens (tertiary/aromatic N) is 2. The molecule has 0 aromatic carbocycles. The molecule has 0 spiro atoms. The summed E-state index contributed by atoms with van der Waals surface area (Å²) in [5.74, 6) is 0. The number of rotatable bonds is 18. The molecule has 1 atom stereocenters. The minimum atomic E-state index is -1.60. The number of nitrogens with one attached hydrogen (secondary N) is 2. The van der Waals surface area contributed by atoms with E-state index in [1.165, 1.54) is 0 Å². The SMILES string of the molecule is CC(C)N(C(C)C)P(OCCC#N)OC(CNC(=O)OCC(C)(C)CC(C)(C)C)CNC(=O)OCC(C)(C)CC(C)(C)C. The highest BCUT2D eigenvalue weighted by Crippen LogP contribution is 2.47. The number of hydrogen-bond acceptors (Lipinski definition) is 8. The lowest BCUT2D eigenvalue weighted by atomic mass is 9.77. The monoisotopic (exact) mass is 630 g/mol. The standard InChI is InChI=1S/C32H63N4O6P/c1-24(2)36(25(3)4)43(41-17-15-16-33)42-26(18-34-27(37)39-22-31(11,12)20-29(5,6)7)19-35-28(38)40-23-32(13,14)21-30(8,9)10/h24-26H,15,17-23H2,1-14H3,(H,34,37)(H,35,38). The Morgan fingerprint density at radius 3 is 1.49 bits per heavy atom. The van der Waals surface area contributed by atoms with Crippen molar-refractivity contribution < 1.29 is 28.1 Å². The van der Waals surface area contributed by atoms with Crippen molar-refractivity contribution in [1.82, 2.24) is 15.3 Å². The summed E-state index contributed by atoms with van der Waals surface area (Å²) >= 11 is 0. The first-order valence-electron chi connectivity index (χ1n) is 15.5. The van der Waals surface area contributed by atoms with E-state index in [0.717, 1.165) is 12.8 Å². The molecule has 1 unspecified atom stereocenters. The van der Waals surface area contributed by atoms with Crippen LogP contribution < -0.4 is 10.6 Å². The maximum atomic E-state index is 12.7. The van der Waals surface area contributed by atoms with Crippen molar-refractivity contribution in [3.63, 3.8) is 0 Å². The molecule has 0 rings (SSSR count). The highest BCUT2D eigenvalue weighted by atomic mass is 31.2. The highest BCUT2D eigenvalue weighted by molar-refractivity contribution is 7.44. The summed E-state index contributed by atoms with van der Waals surface area (Å²) in [5, 5.41) is 14.6. The lowest BCUT2D eigenvalue weighted by Gasteiger charge is -2.37. The molecule has 43 heavy (non-hydrogen) atoms. The van der Waals surface area contributed by atoms with Gasteiger partial charge in [-0.1, -0.05) is 69.2 Å². The Hall–Kier alpha value is -1.66.